The number of carbonyl (C=O) groups excluding carboxylic acids is 1. The van der Waals surface area contributed by atoms with Crippen molar-refractivity contribution in [2.75, 3.05) is 19.6 Å². The average molecular weight is 328 g/mol. The summed E-state index contributed by atoms with van der Waals surface area (Å²) in [5.74, 6) is -0.0321. The summed E-state index contributed by atoms with van der Waals surface area (Å²) in [5, 5.41) is 0. The normalized spacial score (nSPS) is 19.2. The molecule has 1 N–H and O–H groups in total. The third kappa shape index (κ3) is 4.51. The molecule has 0 aromatic heterocycles. The zero-order valence-corrected chi connectivity index (χ0v) is 13.4. The predicted octanol–water partition coefficient (Wildman–Crippen LogP) is 1.75. The molecular formula is C15H21FN2O3S. The molecule has 1 aromatic carbocycles. The van der Waals surface area contributed by atoms with Gasteiger partial charge in [0.05, 0.1) is 4.90 Å². The Labute approximate surface area is 130 Å². The van der Waals surface area contributed by atoms with E-state index in [0.29, 0.717) is 5.92 Å². The van der Waals surface area contributed by atoms with Crippen molar-refractivity contribution < 1.29 is 17.6 Å². The van der Waals surface area contributed by atoms with E-state index >= 15 is 0 Å². The zero-order chi connectivity index (χ0) is 16.2. The molecule has 0 radical (unpaired) electrons. The molecule has 1 heterocycles. The molecule has 1 atom stereocenters. The summed E-state index contributed by atoms with van der Waals surface area (Å²) in [6, 6.07) is 4.58. The van der Waals surface area contributed by atoms with E-state index in [0.717, 1.165) is 38.1 Å². The lowest BCUT2D eigenvalue weighted by molar-refractivity contribution is -0.132. The fraction of sp³-hybridized carbons (Fsp3) is 0.533. The molecule has 1 fully saturated rings. The van der Waals surface area contributed by atoms with Crippen molar-refractivity contribution in [1.82, 2.24) is 9.62 Å². The smallest absolute Gasteiger partial charge is 0.240 e. The summed E-state index contributed by atoms with van der Waals surface area (Å²) < 4.78 is 39.2. The fourth-order valence-corrected chi connectivity index (χ4v) is 3.60. The van der Waals surface area contributed by atoms with Gasteiger partial charge in [-0.3, -0.25) is 4.79 Å². The van der Waals surface area contributed by atoms with Crippen LogP contribution in [0.1, 0.15) is 26.2 Å². The van der Waals surface area contributed by atoms with Crippen LogP contribution in [0.4, 0.5) is 4.39 Å². The molecule has 5 nitrogen and oxygen atoms in total. The quantitative estimate of drug-likeness (QED) is 0.895. The Balaban J connectivity index is 1.84. The van der Waals surface area contributed by atoms with Gasteiger partial charge < -0.3 is 4.90 Å². The SMILES string of the molecule is C[C@@H]1CCCN(C(=O)CCNS(=O)(=O)c2ccc(F)cc2)C1. The van der Waals surface area contributed by atoms with Gasteiger partial charge in [-0.15, -0.1) is 0 Å². The van der Waals surface area contributed by atoms with Gasteiger partial charge in [0.1, 0.15) is 5.82 Å². The fourth-order valence-electron chi connectivity index (χ4n) is 2.56. The van der Waals surface area contributed by atoms with Crippen molar-refractivity contribution in [3.05, 3.63) is 30.1 Å². The Hall–Kier alpha value is -1.47. The minimum absolute atomic E-state index is 0.00653. The number of hydrogen-bond acceptors (Lipinski definition) is 3. The Morgan fingerprint density at radius 2 is 2.05 bits per heavy atom. The molecular weight excluding hydrogens is 307 g/mol. The number of amides is 1. The Kier molecular flexibility index (Phi) is 5.52. The van der Waals surface area contributed by atoms with Gasteiger partial charge in [0, 0.05) is 26.1 Å². The van der Waals surface area contributed by atoms with E-state index in [-0.39, 0.29) is 23.8 Å². The molecule has 1 amide bonds. The van der Waals surface area contributed by atoms with Crippen molar-refractivity contribution in [3.8, 4) is 0 Å². The molecule has 0 aliphatic carbocycles. The first kappa shape index (κ1) is 16.9. The van der Waals surface area contributed by atoms with Crippen LogP contribution >= 0.6 is 0 Å². The number of nitrogens with zero attached hydrogens (tertiary/aromatic N) is 1. The first-order valence-corrected chi connectivity index (χ1v) is 8.90. The van der Waals surface area contributed by atoms with Gasteiger partial charge in [0.25, 0.3) is 0 Å². The number of carbonyl (C=O) groups is 1. The molecule has 0 bridgehead atoms. The molecule has 0 unspecified atom stereocenters. The Bertz CT molecular complexity index is 616. The highest BCUT2D eigenvalue weighted by molar-refractivity contribution is 7.89. The highest BCUT2D eigenvalue weighted by atomic mass is 32.2. The maximum absolute atomic E-state index is 12.8. The second-order valence-corrected chi connectivity index (χ2v) is 7.46. The van der Waals surface area contributed by atoms with Gasteiger partial charge in [-0.1, -0.05) is 6.92 Å². The van der Waals surface area contributed by atoms with Crippen molar-refractivity contribution in [2.45, 2.75) is 31.1 Å². The lowest BCUT2D eigenvalue weighted by Gasteiger charge is -2.31. The number of hydrogen-bond donors (Lipinski definition) is 1. The van der Waals surface area contributed by atoms with Crippen LogP contribution < -0.4 is 4.72 Å². The van der Waals surface area contributed by atoms with E-state index in [4.69, 9.17) is 0 Å². The highest BCUT2D eigenvalue weighted by Gasteiger charge is 2.21. The average Bonchev–Trinajstić information content (AvgIpc) is 2.47. The third-order valence-corrected chi connectivity index (χ3v) is 5.24. The Morgan fingerprint density at radius 3 is 2.68 bits per heavy atom. The van der Waals surface area contributed by atoms with Crippen LogP contribution in [0, 0.1) is 11.7 Å². The molecule has 0 spiro atoms. The molecule has 1 saturated heterocycles. The van der Waals surface area contributed by atoms with Crippen LogP contribution in [-0.2, 0) is 14.8 Å². The zero-order valence-electron chi connectivity index (χ0n) is 12.6. The first-order chi connectivity index (χ1) is 10.4. The first-order valence-electron chi connectivity index (χ1n) is 7.41. The molecule has 1 aliphatic heterocycles. The van der Waals surface area contributed by atoms with Gasteiger partial charge >= 0.3 is 0 Å². The summed E-state index contributed by atoms with van der Waals surface area (Å²) in [6.45, 7) is 3.64. The lowest BCUT2D eigenvalue weighted by atomic mass is 10.0. The molecule has 1 aromatic rings. The van der Waals surface area contributed by atoms with Crippen LogP contribution in [0.3, 0.4) is 0 Å². The summed E-state index contributed by atoms with van der Waals surface area (Å²) >= 11 is 0. The number of nitrogens with one attached hydrogen (secondary N) is 1. The van der Waals surface area contributed by atoms with Crippen LogP contribution in [0.5, 0.6) is 0 Å². The minimum Gasteiger partial charge on any atom is -0.342 e. The highest BCUT2D eigenvalue weighted by Crippen LogP contribution is 2.16. The van der Waals surface area contributed by atoms with E-state index in [1.807, 2.05) is 0 Å². The van der Waals surface area contributed by atoms with Gasteiger partial charge in [0.2, 0.25) is 15.9 Å². The summed E-state index contributed by atoms with van der Waals surface area (Å²) in [7, 11) is -3.70. The Morgan fingerprint density at radius 1 is 1.36 bits per heavy atom. The van der Waals surface area contributed by atoms with Crippen LogP contribution in [0.25, 0.3) is 0 Å². The predicted molar refractivity (Wildman–Crippen MR) is 81.2 cm³/mol. The van der Waals surface area contributed by atoms with Gasteiger partial charge in [-0.2, -0.15) is 0 Å². The lowest BCUT2D eigenvalue weighted by Crippen LogP contribution is -2.40. The second kappa shape index (κ2) is 7.19. The summed E-state index contributed by atoms with van der Waals surface area (Å²) in [5.41, 5.74) is 0. The largest absolute Gasteiger partial charge is 0.342 e. The number of sulfonamides is 1. The number of benzene rings is 1. The number of rotatable bonds is 5. The molecule has 7 heteroatoms. The van der Waals surface area contributed by atoms with E-state index in [1.165, 1.54) is 12.1 Å². The topological polar surface area (TPSA) is 66.5 Å². The maximum atomic E-state index is 12.8. The van der Waals surface area contributed by atoms with Crippen molar-refractivity contribution in [1.29, 1.82) is 0 Å². The summed E-state index contributed by atoms with van der Waals surface area (Å²) in [4.78, 5) is 13.8. The van der Waals surface area contributed by atoms with Crippen molar-refractivity contribution in [2.24, 2.45) is 5.92 Å². The van der Waals surface area contributed by atoms with E-state index in [2.05, 4.69) is 11.6 Å². The third-order valence-electron chi connectivity index (χ3n) is 3.76. The van der Waals surface area contributed by atoms with Gasteiger partial charge in [0.15, 0.2) is 0 Å². The molecule has 2 rings (SSSR count). The number of likely N-dealkylation sites (tertiary alicyclic amines) is 1. The maximum Gasteiger partial charge on any atom is 0.240 e. The standard InChI is InChI=1S/C15H21FN2O3S/c1-12-3-2-10-18(11-12)15(19)8-9-17-22(20,21)14-6-4-13(16)5-7-14/h4-7,12,17H,2-3,8-11H2,1H3/t12-/m1/s1. The van der Waals surface area contributed by atoms with Crippen molar-refractivity contribution in [3.63, 3.8) is 0 Å². The summed E-state index contributed by atoms with van der Waals surface area (Å²) in [6.07, 6.45) is 2.25. The number of halogens is 1. The van der Waals surface area contributed by atoms with Gasteiger partial charge in [-0.05, 0) is 43.0 Å². The molecule has 1 aliphatic rings. The molecule has 22 heavy (non-hydrogen) atoms. The van der Waals surface area contributed by atoms with Crippen LogP contribution in [0.2, 0.25) is 0 Å². The van der Waals surface area contributed by atoms with Gasteiger partial charge in [-0.25, -0.2) is 17.5 Å². The van der Waals surface area contributed by atoms with E-state index < -0.39 is 15.8 Å². The van der Waals surface area contributed by atoms with Crippen LogP contribution in [-0.4, -0.2) is 38.9 Å². The second-order valence-electron chi connectivity index (χ2n) is 5.69. The monoisotopic (exact) mass is 328 g/mol. The van der Waals surface area contributed by atoms with E-state index in [9.17, 15) is 17.6 Å². The molecule has 0 saturated carbocycles. The number of piperidine rings is 1. The van der Waals surface area contributed by atoms with Crippen molar-refractivity contribution >= 4 is 15.9 Å². The van der Waals surface area contributed by atoms with Crippen LogP contribution in [0.15, 0.2) is 29.2 Å². The molecule has 122 valence electrons. The minimum atomic E-state index is -3.70. The van der Waals surface area contributed by atoms with E-state index in [1.54, 1.807) is 4.90 Å².